The molecule has 0 N–H and O–H groups in total. The van der Waals surface area contributed by atoms with Crippen molar-refractivity contribution in [3.05, 3.63) is 59.7 Å². The Bertz CT molecular complexity index is 1510. The molecule has 2 aromatic rings. The van der Waals surface area contributed by atoms with Gasteiger partial charge in [0.15, 0.2) is 0 Å². The molecule has 406 valence electrons. The number of aryl methyl sites for hydroxylation is 2. The lowest BCUT2D eigenvalue weighted by molar-refractivity contribution is 0.520. The first-order chi connectivity index (χ1) is 35.8. The predicted octanol–water partition coefficient (Wildman–Crippen LogP) is 23.6. The molecule has 0 unspecified atom stereocenters. The molecule has 0 aromatic heterocycles. The summed E-state index contributed by atoms with van der Waals surface area (Å²) in [5.41, 5.74) is 4.65. The third kappa shape index (κ3) is 43.3. The average molecular weight is 986 g/mol. The topological polar surface area (TPSA) is 24.7 Å². The monoisotopic (exact) mass is 985 g/mol. The molecular weight excluding hydrogens is 869 g/mol. The van der Waals surface area contributed by atoms with Crippen molar-refractivity contribution in [2.45, 2.75) is 335 Å². The zero-order chi connectivity index (χ0) is 51.0. The summed E-state index contributed by atoms with van der Waals surface area (Å²) in [7, 11) is 0. The van der Waals surface area contributed by atoms with Gasteiger partial charge in [-0.2, -0.15) is 0 Å². The molecule has 0 fully saturated rings. The first-order valence-corrected chi connectivity index (χ1v) is 32.0. The number of rotatable bonds is 51. The first-order valence-electron chi connectivity index (χ1n) is 32.0. The summed E-state index contributed by atoms with van der Waals surface area (Å²) in [4.78, 5) is 9.61. The van der Waals surface area contributed by atoms with Gasteiger partial charge in [0.25, 0.3) is 0 Å². The van der Waals surface area contributed by atoms with Crippen molar-refractivity contribution in [2.75, 3.05) is 0 Å². The number of para-hydroxylation sites is 2. The molecule has 0 spiro atoms. The van der Waals surface area contributed by atoms with Crippen LogP contribution in [-0.2, 0) is 12.8 Å². The van der Waals surface area contributed by atoms with Crippen molar-refractivity contribution >= 4 is 23.8 Å². The highest BCUT2D eigenvalue weighted by Gasteiger charge is 2.02. The molecule has 0 amide bonds. The molecule has 0 aliphatic rings. The van der Waals surface area contributed by atoms with Crippen LogP contribution in [0.25, 0.3) is 0 Å². The van der Waals surface area contributed by atoms with Gasteiger partial charge in [0.05, 0.1) is 11.4 Å². The molecule has 2 nitrogen and oxygen atoms in total. The van der Waals surface area contributed by atoms with Crippen LogP contribution in [0.15, 0.2) is 58.5 Å². The summed E-state index contributed by atoms with van der Waals surface area (Å²) >= 11 is 0. The van der Waals surface area contributed by atoms with E-state index in [1.807, 2.05) is 12.4 Å². The molecule has 0 bridgehead atoms. The van der Waals surface area contributed by atoms with Gasteiger partial charge in [-0.3, -0.25) is 9.98 Å². The van der Waals surface area contributed by atoms with Crippen molar-refractivity contribution in [1.29, 1.82) is 0 Å². The van der Waals surface area contributed by atoms with E-state index in [1.54, 1.807) is 0 Å². The van der Waals surface area contributed by atoms with Crippen LogP contribution in [0.2, 0.25) is 0 Å². The molecule has 0 saturated carbocycles. The minimum atomic E-state index is 0.959. The Hall–Kier alpha value is -3.10. The molecule has 0 heterocycles. The molecule has 0 aliphatic heterocycles. The number of hydrogen-bond acceptors (Lipinski definition) is 2. The van der Waals surface area contributed by atoms with Gasteiger partial charge >= 0.3 is 0 Å². The normalized spacial score (nSPS) is 11.4. The molecule has 0 radical (unpaired) electrons. The highest BCUT2D eigenvalue weighted by molar-refractivity contribution is 6.17. The number of nitrogens with zero attached hydrogens (tertiary/aromatic N) is 2. The number of unbranched alkanes of at least 4 members (excludes halogenated alkanes) is 44. The maximum Gasteiger partial charge on any atom is 0.0662 e. The van der Waals surface area contributed by atoms with E-state index < -0.39 is 0 Å². The van der Waals surface area contributed by atoms with Crippen LogP contribution in [0, 0.1) is 23.7 Å². The molecule has 0 atom stereocenters. The average Bonchev–Trinajstić information content (AvgIpc) is 3.40. The van der Waals surface area contributed by atoms with Crippen LogP contribution in [0.5, 0.6) is 0 Å². The Morgan fingerprint density at radius 1 is 0.264 bits per heavy atom. The lowest BCUT2D eigenvalue weighted by Gasteiger charge is -2.04. The van der Waals surface area contributed by atoms with E-state index in [9.17, 15) is 0 Å². The Morgan fingerprint density at radius 2 is 0.472 bits per heavy atom. The van der Waals surface area contributed by atoms with E-state index in [1.165, 1.54) is 281 Å². The smallest absolute Gasteiger partial charge is 0.0662 e. The lowest BCUT2D eigenvalue weighted by atomic mass is 10.0. The molecule has 2 heteroatoms. The van der Waals surface area contributed by atoms with Crippen LogP contribution in [0.1, 0.15) is 333 Å². The maximum atomic E-state index is 4.80. The number of hydrogen-bond donors (Lipinski definition) is 0. The van der Waals surface area contributed by atoms with Gasteiger partial charge in [-0.25, -0.2) is 0 Å². The Balaban J connectivity index is 1.41. The van der Waals surface area contributed by atoms with Gasteiger partial charge in [-0.05, 0) is 61.8 Å². The fourth-order valence-electron chi connectivity index (χ4n) is 10.3. The van der Waals surface area contributed by atoms with Gasteiger partial charge in [-0.1, -0.05) is 307 Å². The van der Waals surface area contributed by atoms with Crippen LogP contribution in [0.4, 0.5) is 11.4 Å². The molecule has 2 aromatic carbocycles. The van der Waals surface area contributed by atoms with Crippen LogP contribution >= 0.6 is 0 Å². The third-order valence-corrected chi connectivity index (χ3v) is 15.0. The Morgan fingerprint density at radius 3 is 0.722 bits per heavy atom. The van der Waals surface area contributed by atoms with Gasteiger partial charge in [0.2, 0.25) is 0 Å². The van der Waals surface area contributed by atoms with Gasteiger partial charge in [0.1, 0.15) is 0 Å². The first kappa shape index (κ1) is 65.0. The maximum absolute atomic E-state index is 4.80. The third-order valence-electron chi connectivity index (χ3n) is 15.0. The summed E-state index contributed by atoms with van der Waals surface area (Å²) < 4.78 is 0. The van der Waals surface area contributed by atoms with Gasteiger partial charge in [0, 0.05) is 38.1 Å². The van der Waals surface area contributed by atoms with E-state index in [0.717, 1.165) is 62.7 Å². The van der Waals surface area contributed by atoms with E-state index in [-0.39, 0.29) is 0 Å². The highest BCUT2D eigenvalue weighted by Crippen LogP contribution is 2.23. The molecule has 0 saturated heterocycles. The summed E-state index contributed by atoms with van der Waals surface area (Å²) in [6.07, 6.45) is 72.0. The van der Waals surface area contributed by atoms with Gasteiger partial charge in [-0.15, -0.1) is 23.7 Å². The SMILES string of the molecule is CCCCCCCCCCCCCCCCCCCCCCCC#CCCCc1ccccc1N=CC=Nc1ccccc1CCCC#CCCCCCCCCCCCCCCCCCCCCCCC. The highest BCUT2D eigenvalue weighted by atomic mass is 14.8. The van der Waals surface area contributed by atoms with E-state index >= 15 is 0 Å². The lowest BCUT2D eigenvalue weighted by Crippen LogP contribution is -1.88. The second kappa shape index (κ2) is 54.2. The van der Waals surface area contributed by atoms with Gasteiger partial charge < -0.3 is 0 Å². The molecular formula is C70H116N2. The summed E-state index contributed by atoms with van der Waals surface area (Å²) in [6.45, 7) is 4.61. The summed E-state index contributed by atoms with van der Waals surface area (Å²) in [5, 5.41) is 0. The molecule has 72 heavy (non-hydrogen) atoms. The van der Waals surface area contributed by atoms with E-state index in [0.29, 0.717) is 0 Å². The Labute approximate surface area is 449 Å². The van der Waals surface area contributed by atoms with Crippen molar-refractivity contribution < 1.29 is 0 Å². The zero-order valence-corrected chi connectivity index (χ0v) is 48.0. The summed E-state index contributed by atoms with van der Waals surface area (Å²) in [6, 6.07) is 17.0. The number of benzene rings is 2. The molecule has 2 rings (SSSR count). The Kier molecular flexibility index (Phi) is 48.9. The van der Waals surface area contributed by atoms with E-state index in [2.05, 4.69) is 86.1 Å². The van der Waals surface area contributed by atoms with Crippen molar-refractivity contribution in [2.24, 2.45) is 9.98 Å². The fourth-order valence-corrected chi connectivity index (χ4v) is 10.3. The number of aliphatic imine (C=N–C) groups is 2. The van der Waals surface area contributed by atoms with Crippen LogP contribution < -0.4 is 0 Å². The second-order valence-corrected chi connectivity index (χ2v) is 21.9. The molecule has 0 aliphatic carbocycles. The zero-order valence-electron chi connectivity index (χ0n) is 48.0. The fraction of sp³-hybridized carbons (Fsp3) is 0.743. The minimum Gasteiger partial charge on any atom is -0.255 e. The van der Waals surface area contributed by atoms with Crippen LogP contribution in [0.3, 0.4) is 0 Å². The van der Waals surface area contributed by atoms with E-state index in [4.69, 9.17) is 9.98 Å². The van der Waals surface area contributed by atoms with Crippen molar-refractivity contribution in [1.82, 2.24) is 0 Å². The second-order valence-electron chi connectivity index (χ2n) is 21.9. The van der Waals surface area contributed by atoms with Crippen molar-refractivity contribution in [3.8, 4) is 23.7 Å². The largest absolute Gasteiger partial charge is 0.255 e. The predicted molar refractivity (Wildman–Crippen MR) is 325 cm³/mol. The minimum absolute atomic E-state index is 0.959. The quantitative estimate of drug-likeness (QED) is 0.0359. The van der Waals surface area contributed by atoms with Crippen LogP contribution in [-0.4, -0.2) is 12.4 Å². The standard InChI is InChI=1S/C70H116N2/c1-3-5-7-9-11-13-15-17-19-21-23-25-27-29-31-33-35-37-39-41-43-45-47-49-51-53-59-67-61-55-57-63-69(67)71-65-66-72-70-64-58-56-62-68(70)60-54-52-50-48-46-44-42-40-38-36-34-32-30-28-26-24-22-20-18-16-14-12-10-8-6-4-2/h55-58,61-66H,3-46,51-54,59-60H2,1-2H3. The summed E-state index contributed by atoms with van der Waals surface area (Å²) in [5.74, 6) is 13.8. The van der Waals surface area contributed by atoms with Crippen molar-refractivity contribution in [3.63, 3.8) is 0 Å².